The molecule has 0 bridgehead atoms. The Balaban J connectivity index is 1.63. The Hall–Kier alpha value is -2.47. The lowest BCUT2D eigenvalue weighted by Gasteiger charge is -2.31. The molecule has 1 heterocycles. The van der Waals surface area contributed by atoms with Crippen molar-refractivity contribution in [2.24, 2.45) is 0 Å². The van der Waals surface area contributed by atoms with E-state index >= 15 is 0 Å². The molecule has 124 valence electrons. The van der Waals surface area contributed by atoms with Gasteiger partial charge in [-0.15, -0.1) is 0 Å². The molecule has 2 aromatic rings. The zero-order valence-electron chi connectivity index (χ0n) is 13.2. The Kier molecular flexibility index (Phi) is 4.49. The Morgan fingerprint density at radius 2 is 1.92 bits per heavy atom. The van der Waals surface area contributed by atoms with Crippen LogP contribution in [-0.2, 0) is 16.0 Å². The number of aromatic hydroxyl groups is 1. The highest BCUT2D eigenvalue weighted by atomic mass is 32.2. The fourth-order valence-electron chi connectivity index (χ4n) is 2.47. The molecule has 0 aliphatic carbocycles. The van der Waals surface area contributed by atoms with Crippen LogP contribution in [0.5, 0.6) is 5.75 Å². The standard InChI is InChI=1S/C18H18N2O3S/c1-18(17(23)20-14-4-2-3-5-15(14)24-18)16(22)19-11-10-12-6-8-13(21)9-7-12/h2-9,21H,10-11H2,1H3,(H,19,22)(H,20,23). The van der Waals surface area contributed by atoms with Gasteiger partial charge in [0, 0.05) is 11.4 Å². The minimum absolute atomic E-state index is 0.212. The van der Waals surface area contributed by atoms with E-state index in [1.807, 2.05) is 36.4 Å². The lowest BCUT2D eigenvalue weighted by atomic mass is 10.1. The Morgan fingerprint density at radius 3 is 2.67 bits per heavy atom. The van der Waals surface area contributed by atoms with Gasteiger partial charge in [0.2, 0.25) is 11.8 Å². The molecule has 1 unspecified atom stereocenters. The number of anilines is 1. The highest BCUT2D eigenvalue weighted by molar-refractivity contribution is 8.02. The first kappa shape index (κ1) is 16.4. The van der Waals surface area contributed by atoms with Crippen molar-refractivity contribution in [1.29, 1.82) is 0 Å². The number of phenols is 1. The Labute approximate surface area is 144 Å². The van der Waals surface area contributed by atoms with Crippen molar-refractivity contribution in [3.63, 3.8) is 0 Å². The van der Waals surface area contributed by atoms with Crippen LogP contribution in [-0.4, -0.2) is 28.2 Å². The molecule has 1 atom stereocenters. The number of fused-ring (bicyclic) bond motifs is 1. The van der Waals surface area contributed by atoms with Crippen LogP contribution in [0, 0.1) is 0 Å². The van der Waals surface area contributed by atoms with Gasteiger partial charge in [-0.25, -0.2) is 0 Å². The molecule has 1 aliphatic heterocycles. The number of nitrogens with one attached hydrogen (secondary N) is 2. The molecular formula is C18H18N2O3S. The molecule has 2 amide bonds. The molecule has 0 radical (unpaired) electrons. The van der Waals surface area contributed by atoms with E-state index in [1.54, 1.807) is 19.1 Å². The number of carbonyl (C=O) groups excluding carboxylic acids is 2. The summed E-state index contributed by atoms with van der Waals surface area (Å²) in [6.07, 6.45) is 0.630. The molecule has 6 heteroatoms. The van der Waals surface area contributed by atoms with Gasteiger partial charge in [-0.05, 0) is 43.2 Å². The number of thioether (sulfide) groups is 1. The van der Waals surface area contributed by atoms with E-state index < -0.39 is 4.75 Å². The molecule has 24 heavy (non-hydrogen) atoms. The Bertz CT molecular complexity index is 776. The van der Waals surface area contributed by atoms with E-state index in [0.717, 1.165) is 16.1 Å². The summed E-state index contributed by atoms with van der Waals surface area (Å²) < 4.78 is -1.19. The zero-order valence-corrected chi connectivity index (χ0v) is 14.0. The monoisotopic (exact) mass is 342 g/mol. The third kappa shape index (κ3) is 3.23. The number of hydrogen-bond acceptors (Lipinski definition) is 4. The van der Waals surface area contributed by atoms with Gasteiger partial charge in [0.15, 0.2) is 4.75 Å². The van der Waals surface area contributed by atoms with E-state index in [1.165, 1.54) is 11.8 Å². The summed E-state index contributed by atoms with van der Waals surface area (Å²) in [5.41, 5.74) is 1.74. The van der Waals surface area contributed by atoms with E-state index in [4.69, 9.17) is 0 Å². The van der Waals surface area contributed by atoms with Crippen LogP contribution in [0.3, 0.4) is 0 Å². The van der Waals surface area contributed by atoms with Gasteiger partial charge in [0.1, 0.15) is 5.75 Å². The van der Waals surface area contributed by atoms with E-state index in [0.29, 0.717) is 13.0 Å². The minimum Gasteiger partial charge on any atom is -0.508 e. The Morgan fingerprint density at radius 1 is 1.21 bits per heavy atom. The van der Waals surface area contributed by atoms with E-state index in [-0.39, 0.29) is 17.6 Å². The molecule has 0 aromatic heterocycles. The van der Waals surface area contributed by atoms with Crippen LogP contribution in [0.4, 0.5) is 5.69 Å². The zero-order chi connectivity index (χ0) is 17.2. The van der Waals surface area contributed by atoms with Gasteiger partial charge in [0.05, 0.1) is 5.69 Å². The van der Waals surface area contributed by atoms with Crippen molar-refractivity contribution in [2.45, 2.75) is 23.0 Å². The summed E-state index contributed by atoms with van der Waals surface area (Å²) in [6.45, 7) is 2.06. The predicted octanol–water partition coefficient (Wildman–Crippen LogP) is 2.55. The molecule has 0 saturated carbocycles. The molecule has 0 spiro atoms. The van der Waals surface area contributed by atoms with Gasteiger partial charge < -0.3 is 15.7 Å². The third-order valence-electron chi connectivity index (χ3n) is 3.95. The molecule has 0 fully saturated rings. The largest absolute Gasteiger partial charge is 0.508 e. The fraction of sp³-hybridized carbons (Fsp3) is 0.222. The van der Waals surface area contributed by atoms with Gasteiger partial charge in [-0.3, -0.25) is 9.59 Å². The van der Waals surface area contributed by atoms with Crippen molar-refractivity contribution < 1.29 is 14.7 Å². The predicted molar refractivity (Wildman–Crippen MR) is 94.2 cm³/mol. The van der Waals surface area contributed by atoms with Crippen LogP contribution in [0.25, 0.3) is 0 Å². The first-order valence-electron chi connectivity index (χ1n) is 7.65. The second-order valence-corrected chi connectivity index (χ2v) is 7.22. The molecule has 1 aliphatic rings. The normalized spacial score (nSPS) is 19.3. The van der Waals surface area contributed by atoms with Gasteiger partial charge in [-0.2, -0.15) is 0 Å². The number of benzene rings is 2. The van der Waals surface area contributed by atoms with Gasteiger partial charge >= 0.3 is 0 Å². The molecular weight excluding hydrogens is 324 g/mol. The van der Waals surface area contributed by atoms with Gasteiger partial charge in [0.25, 0.3) is 0 Å². The van der Waals surface area contributed by atoms with Gasteiger partial charge in [-0.1, -0.05) is 36.0 Å². The highest BCUT2D eigenvalue weighted by Gasteiger charge is 2.45. The average molecular weight is 342 g/mol. The summed E-state index contributed by atoms with van der Waals surface area (Å²) in [6, 6.07) is 14.3. The molecule has 0 saturated heterocycles. The smallest absolute Gasteiger partial charge is 0.250 e. The fourth-order valence-corrected chi connectivity index (χ4v) is 3.59. The highest BCUT2D eigenvalue weighted by Crippen LogP contribution is 2.42. The van der Waals surface area contributed by atoms with Crippen molar-refractivity contribution in [2.75, 3.05) is 11.9 Å². The quantitative estimate of drug-likeness (QED) is 0.746. The second kappa shape index (κ2) is 6.57. The van der Waals surface area contributed by atoms with Crippen molar-refractivity contribution in [3.8, 4) is 5.75 Å². The number of para-hydroxylation sites is 1. The first-order chi connectivity index (χ1) is 11.5. The maximum atomic E-state index is 12.6. The first-order valence-corrected chi connectivity index (χ1v) is 8.46. The maximum Gasteiger partial charge on any atom is 0.250 e. The van der Waals surface area contributed by atoms with Crippen LogP contribution >= 0.6 is 11.8 Å². The second-order valence-electron chi connectivity index (χ2n) is 5.76. The number of phenolic OH excluding ortho intramolecular Hbond substituents is 1. The number of rotatable bonds is 4. The van der Waals surface area contributed by atoms with Crippen molar-refractivity contribution in [1.82, 2.24) is 5.32 Å². The lowest BCUT2D eigenvalue weighted by Crippen LogP contribution is -2.52. The minimum atomic E-state index is -1.19. The number of amides is 2. The summed E-state index contributed by atoms with van der Waals surface area (Å²) in [4.78, 5) is 25.8. The number of carbonyl (C=O) groups is 2. The molecule has 3 rings (SSSR count). The summed E-state index contributed by atoms with van der Waals surface area (Å²) in [7, 11) is 0. The summed E-state index contributed by atoms with van der Waals surface area (Å²) >= 11 is 1.27. The molecule has 3 N–H and O–H groups in total. The lowest BCUT2D eigenvalue weighted by molar-refractivity contribution is -0.129. The average Bonchev–Trinajstić information content (AvgIpc) is 2.57. The molecule has 2 aromatic carbocycles. The van der Waals surface area contributed by atoms with E-state index in [9.17, 15) is 14.7 Å². The molecule has 5 nitrogen and oxygen atoms in total. The maximum absolute atomic E-state index is 12.6. The summed E-state index contributed by atoms with van der Waals surface area (Å²) in [5, 5.41) is 14.9. The van der Waals surface area contributed by atoms with Crippen LogP contribution < -0.4 is 10.6 Å². The van der Waals surface area contributed by atoms with Crippen LogP contribution in [0.2, 0.25) is 0 Å². The van der Waals surface area contributed by atoms with Crippen LogP contribution in [0.1, 0.15) is 12.5 Å². The van der Waals surface area contributed by atoms with Crippen LogP contribution in [0.15, 0.2) is 53.4 Å². The van der Waals surface area contributed by atoms with Crippen molar-refractivity contribution >= 4 is 29.3 Å². The topological polar surface area (TPSA) is 78.4 Å². The summed E-state index contributed by atoms with van der Waals surface area (Å²) in [5.74, 6) is -0.407. The van der Waals surface area contributed by atoms with E-state index in [2.05, 4.69) is 10.6 Å². The van der Waals surface area contributed by atoms with Crippen molar-refractivity contribution in [3.05, 3.63) is 54.1 Å². The SMILES string of the molecule is CC1(C(=O)NCCc2ccc(O)cc2)Sc2ccccc2NC1=O. The third-order valence-corrected chi connectivity index (χ3v) is 5.31. The number of hydrogen-bond donors (Lipinski definition) is 3.